The van der Waals surface area contributed by atoms with Crippen molar-refractivity contribution in [2.75, 3.05) is 0 Å². The zero-order valence-electron chi connectivity index (χ0n) is 18.1. The predicted molar refractivity (Wildman–Crippen MR) is 115 cm³/mol. The number of benzene rings is 2. The van der Waals surface area contributed by atoms with E-state index < -0.39 is 29.6 Å². The maximum absolute atomic E-state index is 12.0. The molecule has 0 heterocycles. The summed E-state index contributed by atoms with van der Waals surface area (Å²) >= 11 is 0. The Kier molecular flexibility index (Phi) is 8.61. The van der Waals surface area contributed by atoms with E-state index in [2.05, 4.69) is 5.32 Å². The molecule has 2 N–H and O–H groups in total. The van der Waals surface area contributed by atoms with Gasteiger partial charge in [-0.3, -0.25) is 9.59 Å². The molecule has 1 amide bonds. The van der Waals surface area contributed by atoms with E-state index in [0.29, 0.717) is 0 Å². The normalized spacial score (nSPS) is 12.0. The second-order valence-electron chi connectivity index (χ2n) is 8.27. The molecule has 0 aliphatic rings. The molecule has 0 aromatic heterocycles. The van der Waals surface area contributed by atoms with Gasteiger partial charge in [0.05, 0.1) is 12.3 Å². The fourth-order valence-electron chi connectivity index (χ4n) is 2.93. The minimum Gasteiger partial charge on any atom is -0.481 e. The smallest absolute Gasteiger partial charge is 0.407 e. The maximum Gasteiger partial charge on any atom is 0.407 e. The highest BCUT2D eigenvalue weighted by Crippen LogP contribution is 2.18. The Morgan fingerprint density at radius 2 is 1.61 bits per heavy atom. The number of ether oxygens (including phenoxy) is 2. The number of carboxylic acids is 1. The van der Waals surface area contributed by atoms with E-state index in [1.165, 1.54) is 0 Å². The number of esters is 1. The number of carbonyl (C=O) groups is 3. The SMILES string of the molecule is CC(C)(C)OC(=O)C[C@@H](Cc1cccc(CNC(=O)OCc2ccccc2)c1)C(=O)O. The van der Waals surface area contributed by atoms with E-state index in [0.717, 1.165) is 16.7 Å². The van der Waals surface area contributed by atoms with E-state index in [1.54, 1.807) is 32.9 Å². The van der Waals surface area contributed by atoms with Gasteiger partial charge in [-0.25, -0.2) is 4.79 Å². The van der Waals surface area contributed by atoms with Crippen molar-refractivity contribution in [2.24, 2.45) is 5.92 Å². The average molecular weight is 427 g/mol. The van der Waals surface area contributed by atoms with Crippen LogP contribution in [0.15, 0.2) is 54.6 Å². The van der Waals surface area contributed by atoms with Crippen LogP contribution in [-0.4, -0.2) is 28.7 Å². The number of hydrogen-bond donors (Lipinski definition) is 2. The molecule has 7 heteroatoms. The third kappa shape index (κ3) is 9.33. The minimum atomic E-state index is -1.06. The lowest BCUT2D eigenvalue weighted by Crippen LogP contribution is -2.28. The van der Waals surface area contributed by atoms with E-state index in [1.807, 2.05) is 42.5 Å². The molecule has 31 heavy (non-hydrogen) atoms. The highest BCUT2D eigenvalue weighted by atomic mass is 16.6. The molecule has 2 rings (SSSR count). The number of rotatable bonds is 9. The van der Waals surface area contributed by atoms with Crippen molar-refractivity contribution in [3.63, 3.8) is 0 Å². The number of aliphatic carboxylic acids is 1. The van der Waals surface area contributed by atoms with Gasteiger partial charge in [0.25, 0.3) is 0 Å². The van der Waals surface area contributed by atoms with Crippen molar-refractivity contribution in [2.45, 2.75) is 52.4 Å². The first kappa shape index (κ1) is 23.9. The van der Waals surface area contributed by atoms with Crippen LogP contribution in [0.2, 0.25) is 0 Å². The van der Waals surface area contributed by atoms with Gasteiger partial charge >= 0.3 is 18.0 Å². The van der Waals surface area contributed by atoms with Crippen LogP contribution in [0.3, 0.4) is 0 Å². The van der Waals surface area contributed by atoms with Gasteiger partial charge in [-0.15, -0.1) is 0 Å². The first-order valence-corrected chi connectivity index (χ1v) is 10.1. The summed E-state index contributed by atoms with van der Waals surface area (Å²) in [7, 11) is 0. The fourth-order valence-corrected chi connectivity index (χ4v) is 2.93. The Labute approximate surface area is 182 Å². The third-order valence-corrected chi connectivity index (χ3v) is 4.31. The van der Waals surface area contributed by atoms with Crippen LogP contribution >= 0.6 is 0 Å². The highest BCUT2D eigenvalue weighted by Gasteiger charge is 2.25. The van der Waals surface area contributed by atoms with Crippen molar-refractivity contribution in [3.05, 3.63) is 71.3 Å². The molecule has 7 nitrogen and oxygen atoms in total. The Morgan fingerprint density at radius 1 is 0.968 bits per heavy atom. The molecule has 0 fully saturated rings. The van der Waals surface area contributed by atoms with E-state index >= 15 is 0 Å². The Bertz CT molecular complexity index is 888. The summed E-state index contributed by atoms with van der Waals surface area (Å²) in [4.78, 5) is 35.6. The molecule has 0 spiro atoms. The molecule has 0 aliphatic heterocycles. The number of amides is 1. The lowest BCUT2D eigenvalue weighted by atomic mass is 9.95. The second kappa shape index (κ2) is 11.2. The Morgan fingerprint density at radius 3 is 2.26 bits per heavy atom. The summed E-state index contributed by atoms with van der Waals surface area (Å²) in [6.07, 6.45) is -0.565. The monoisotopic (exact) mass is 427 g/mol. The highest BCUT2D eigenvalue weighted by molar-refractivity contribution is 5.79. The molecule has 2 aromatic rings. The molecule has 0 aliphatic carbocycles. The summed E-state index contributed by atoms with van der Waals surface area (Å²) in [6, 6.07) is 16.6. The molecule has 0 saturated carbocycles. The van der Waals surface area contributed by atoms with Crippen LogP contribution < -0.4 is 5.32 Å². The largest absolute Gasteiger partial charge is 0.481 e. The van der Waals surface area contributed by atoms with Gasteiger partial charge in [0.15, 0.2) is 0 Å². The molecule has 166 valence electrons. The van der Waals surface area contributed by atoms with Gasteiger partial charge < -0.3 is 19.9 Å². The predicted octanol–water partition coefficient (Wildman–Crippen LogP) is 4.09. The lowest BCUT2D eigenvalue weighted by Gasteiger charge is -2.21. The van der Waals surface area contributed by atoms with Gasteiger partial charge in [0.1, 0.15) is 12.2 Å². The summed E-state index contributed by atoms with van der Waals surface area (Å²) in [6.45, 7) is 5.63. The molecular formula is C24H29NO6. The van der Waals surface area contributed by atoms with E-state index in [4.69, 9.17) is 9.47 Å². The van der Waals surface area contributed by atoms with Crippen LogP contribution in [0.5, 0.6) is 0 Å². The van der Waals surface area contributed by atoms with Crippen molar-refractivity contribution in [1.82, 2.24) is 5.32 Å². The molecular weight excluding hydrogens is 398 g/mol. The molecule has 2 aromatic carbocycles. The van der Waals surface area contributed by atoms with E-state index in [9.17, 15) is 19.5 Å². The maximum atomic E-state index is 12.0. The zero-order chi connectivity index (χ0) is 22.9. The topological polar surface area (TPSA) is 102 Å². The first-order chi connectivity index (χ1) is 14.6. The number of carboxylic acid groups (broad SMARTS) is 1. The summed E-state index contributed by atoms with van der Waals surface area (Å²) in [5.41, 5.74) is 1.79. The lowest BCUT2D eigenvalue weighted by molar-refractivity contribution is -0.159. The van der Waals surface area contributed by atoms with Crippen molar-refractivity contribution in [3.8, 4) is 0 Å². The molecule has 0 saturated heterocycles. The number of alkyl carbamates (subject to hydrolysis) is 1. The van der Waals surface area contributed by atoms with Crippen molar-refractivity contribution < 1.29 is 29.0 Å². The quantitative estimate of drug-likeness (QED) is 0.585. The van der Waals surface area contributed by atoms with Crippen LogP contribution in [0, 0.1) is 5.92 Å². The minimum absolute atomic E-state index is 0.178. The second-order valence-corrected chi connectivity index (χ2v) is 8.27. The van der Waals surface area contributed by atoms with Crippen LogP contribution in [0.1, 0.15) is 43.9 Å². The molecule has 0 unspecified atom stereocenters. The molecule has 0 bridgehead atoms. The third-order valence-electron chi connectivity index (χ3n) is 4.31. The van der Waals surface area contributed by atoms with Gasteiger partial charge in [0, 0.05) is 6.54 Å². The first-order valence-electron chi connectivity index (χ1n) is 10.1. The van der Waals surface area contributed by atoms with Crippen molar-refractivity contribution in [1.29, 1.82) is 0 Å². The van der Waals surface area contributed by atoms with Crippen LogP contribution in [-0.2, 0) is 38.6 Å². The van der Waals surface area contributed by atoms with Gasteiger partial charge in [-0.2, -0.15) is 0 Å². The van der Waals surface area contributed by atoms with Gasteiger partial charge in [-0.05, 0) is 43.9 Å². The zero-order valence-corrected chi connectivity index (χ0v) is 18.1. The fraction of sp³-hybridized carbons (Fsp3) is 0.375. The van der Waals surface area contributed by atoms with Crippen LogP contribution in [0.4, 0.5) is 4.79 Å². The number of nitrogens with one attached hydrogen (secondary N) is 1. The Hall–Kier alpha value is -3.35. The molecule has 0 radical (unpaired) electrons. The summed E-state index contributed by atoms with van der Waals surface area (Å²) in [5, 5.41) is 12.2. The average Bonchev–Trinajstić information content (AvgIpc) is 2.70. The molecule has 1 atom stereocenters. The number of hydrogen-bond acceptors (Lipinski definition) is 5. The Balaban J connectivity index is 1.88. The van der Waals surface area contributed by atoms with Crippen LogP contribution in [0.25, 0.3) is 0 Å². The summed E-state index contributed by atoms with van der Waals surface area (Å²) in [5.74, 6) is -2.49. The van der Waals surface area contributed by atoms with E-state index in [-0.39, 0.29) is 26.0 Å². The number of carbonyl (C=O) groups excluding carboxylic acids is 2. The summed E-state index contributed by atoms with van der Waals surface area (Å²) < 4.78 is 10.4. The van der Waals surface area contributed by atoms with Gasteiger partial charge in [0.2, 0.25) is 0 Å². The van der Waals surface area contributed by atoms with Gasteiger partial charge in [-0.1, -0.05) is 54.6 Å². The van der Waals surface area contributed by atoms with Crippen molar-refractivity contribution >= 4 is 18.0 Å². The standard InChI is InChI=1S/C24H29NO6/c1-24(2,3)31-21(26)14-20(22(27)28)13-18-10-7-11-19(12-18)15-25-23(29)30-16-17-8-5-4-6-9-17/h4-12,20H,13-16H2,1-3H3,(H,25,29)(H,27,28)/t20-/m1/s1.